The zero-order valence-corrected chi connectivity index (χ0v) is 11.3. The van der Waals surface area contributed by atoms with Crippen LogP contribution in [0.1, 0.15) is 24.5 Å². The quantitative estimate of drug-likeness (QED) is 0.675. The fourth-order valence-electron chi connectivity index (χ4n) is 1.82. The molecular weight excluding hydrogens is 258 g/mol. The highest BCUT2D eigenvalue weighted by Gasteiger charge is 2.29. The van der Waals surface area contributed by atoms with Gasteiger partial charge < -0.3 is 5.32 Å². The molecule has 0 aliphatic carbocycles. The maximum atomic E-state index is 12.1. The number of nitrogens with one attached hydrogen (secondary N) is 1. The number of hydrogen-bond acceptors (Lipinski definition) is 3. The lowest BCUT2D eigenvalue weighted by atomic mass is 10.1. The lowest BCUT2D eigenvalue weighted by molar-refractivity contribution is -0.122. The topological polar surface area (TPSA) is 56.1 Å². The monoisotopic (exact) mass is 271 g/mol. The Morgan fingerprint density at radius 2 is 2.11 bits per heavy atom. The van der Waals surface area contributed by atoms with Crippen molar-refractivity contribution in [3.63, 3.8) is 0 Å². The van der Waals surface area contributed by atoms with Crippen molar-refractivity contribution in [3.8, 4) is 6.07 Å². The molecule has 1 amide bonds. The van der Waals surface area contributed by atoms with Crippen molar-refractivity contribution < 1.29 is 4.79 Å². The molecule has 5 heteroatoms. The minimum absolute atomic E-state index is 0.101. The second-order valence-corrected chi connectivity index (χ2v) is 4.57. The molecule has 1 aromatic rings. The van der Waals surface area contributed by atoms with Crippen molar-refractivity contribution in [1.29, 1.82) is 5.26 Å². The molecule has 0 unspecified atom stereocenters. The van der Waals surface area contributed by atoms with Gasteiger partial charge in [-0.3, -0.25) is 9.69 Å². The van der Waals surface area contributed by atoms with Crippen LogP contribution in [-0.4, -0.2) is 22.5 Å². The Morgan fingerprint density at radius 1 is 1.42 bits per heavy atom. The van der Waals surface area contributed by atoms with Crippen molar-refractivity contribution in [3.05, 3.63) is 41.1 Å². The summed E-state index contributed by atoms with van der Waals surface area (Å²) in [7, 11) is 0. The average Bonchev–Trinajstić information content (AvgIpc) is 2.68. The van der Waals surface area contributed by atoms with Crippen molar-refractivity contribution in [2.75, 3.05) is 6.54 Å². The molecule has 0 bridgehead atoms. The third kappa shape index (κ3) is 2.80. The maximum absolute atomic E-state index is 12.1. The van der Waals surface area contributed by atoms with Gasteiger partial charge in [0.1, 0.15) is 5.70 Å². The van der Waals surface area contributed by atoms with Crippen molar-refractivity contribution >= 4 is 29.3 Å². The van der Waals surface area contributed by atoms with E-state index in [0.29, 0.717) is 22.9 Å². The normalized spacial score (nSPS) is 16.6. The Kier molecular flexibility index (Phi) is 3.93. The van der Waals surface area contributed by atoms with Gasteiger partial charge >= 0.3 is 0 Å². The van der Waals surface area contributed by atoms with Crippen molar-refractivity contribution in [1.82, 2.24) is 10.2 Å². The predicted octanol–water partition coefficient (Wildman–Crippen LogP) is 2.03. The van der Waals surface area contributed by atoms with Crippen LogP contribution in [-0.2, 0) is 4.79 Å². The number of hydrogen-bond donors (Lipinski definition) is 1. The van der Waals surface area contributed by atoms with Crippen LogP contribution < -0.4 is 5.32 Å². The molecule has 1 fully saturated rings. The summed E-state index contributed by atoms with van der Waals surface area (Å²) in [5.74, 6) is -0.101. The van der Waals surface area contributed by atoms with Crippen LogP contribution in [0.5, 0.6) is 0 Å². The third-order valence-corrected chi connectivity index (χ3v) is 3.08. The molecule has 1 heterocycles. The van der Waals surface area contributed by atoms with Gasteiger partial charge in [-0.2, -0.15) is 5.26 Å². The molecule has 4 nitrogen and oxygen atoms in total. The smallest absolute Gasteiger partial charge is 0.276 e. The minimum atomic E-state index is -0.101. The van der Waals surface area contributed by atoms with E-state index in [1.165, 1.54) is 0 Å². The van der Waals surface area contributed by atoms with E-state index in [1.807, 2.05) is 6.92 Å². The Hall–Kier alpha value is -2.19. The first-order valence-electron chi connectivity index (χ1n) is 6.00. The molecule has 0 radical (unpaired) electrons. The summed E-state index contributed by atoms with van der Waals surface area (Å²) in [5.41, 5.74) is 1.93. The summed E-state index contributed by atoms with van der Waals surface area (Å²) in [5, 5.41) is 12.1. The summed E-state index contributed by atoms with van der Waals surface area (Å²) in [6.07, 6.45) is 2.60. The zero-order valence-electron chi connectivity index (χ0n) is 10.5. The zero-order chi connectivity index (χ0) is 13.8. The van der Waals surface area contributed by atoms with Gasteiger partial charge in [-0.25, -0.2) is 0 Å². The molecule has 1 aliphatic heterocycles. The minimum Gasteiger partial charge on any atom is -0.328 e. The second kappa shape index (κ2) is 5.63. The maximum Gasteiger partial charge on any atom is 0.276 e. The molecule has 0 saturated carbocycles. The Balaban J connectivity index is 2.22. The van der Waals surface area contributed by atoms with E-state index in [9.17, 15) is 4.79 Å². The number of amides is 1. The van der Waals surface area contributed by atoms with Crippen LogP contribution in [0.3, 0.4) is 0 Å². The van der Waals surface area contributed by atoms with Gasteiger partial charge in [-0.15, -0.1) is 0 Å². The molecule has 1 aromatic carbocycles. The number of carbonyl (C=O) groups is 1. The molecular formula is C14H13N3OS. The second-order valence-electron chi connectivity index (χ2n) is 4.18. The molecule has 2 rings (SSSR count). The summed E-state index contributed by atoms with van der Waals surface area (Å²) in [6.45, 7) is 2.62. The summed E-state index contributed by atoms with van der Waals surface area (Å²) in [4.78, 5) is 13.6. The lowest BCUT2D eigenvalue weighted by Crippen LogP contribution is -2.31. The highest BCUT2D eigenvalue weighted by molar-refractivity contribution is 7.80. The molecule has 1 saturated heterocycles. The van der Waals surface area contributed by atoms with Gasteiger partial charge in [0.25, 0.3) is 5.91 Å². The first kappa shape index (κ1) is 13.2. The van der Waals surface area contributed by atoms with Gasteiger partial charge in [0.2, 0.25) is 0 Å². The molecule has 0 spiro atoms. The highest BCUT2D eigenvalue weighted by atomic mass is 32.1. The number of thiocarbonyl (C=S) groups is 1. The van der Waals surface area contributed by atoms with Gasteiger partial charge in [-0.05, 0) is 42.4 Å². The van der Waals surface area contributed by atoms with Crippen LogP contribution in [0.4, 0.5) is 0 Å². The first-order valence-corrected chi connectivity index (χ1v) is 6.41. The van der Waals surface area contributed by atoms with Gasteiger partial charge in [-0.1, -0.05) is 19.1 Å². The number of rotatable bonds is 3. The van der Waals surface area contributed by atoms with E-state index in [2.05, 4.69) is 11.4 Å². The van der Waals surface area contributed by atoms with Crippen molar-refractivity contribution in [2.24, 2.45) is 0 Å². The first-order chi connectivity index (χ1) is 9.15. The standard InChI is InChI=1S/C14H13N3OS/c1-2-7-17-13(18)12(16-14(17)19)8-10-3-5-11(9-15)6-4-10/h3-6,8H,2,7H2,1H3,(H,16,19)/b12-8-. The molecule has 1 aliphatic rings. The largest absolute Gasteiger partial charge is 0.328 e. The van der Waals surface area contributed by atoms with Gasteiger partial charge in [0.05, 0.1) is 11.6 Å². The molecule has 96 valence electrons. The Labute approximate surface area is 117 Å². The van der Waals surface area contributed by atoms with Crippen LogP contribution >= 0.6 is 12.2 Å². The Morgan fingerprint density at radius 3 is 2.68 bits per heavy atom. The van der Waals surface area contributed by atoms with E-state index in [1.54, 1.807) is 35.2 Å². The molecule has 1 N–H and O–H groups in total. The average molecular weight is 271 g/mol. The van der Waals surface area contributed by atoms with E-state index < -0.39 is 0 Å². The van der Waals surface area contributed by atoms with Crippen LogP contribution in [0.2, 0.25) is 0 Å². The van der Waals surface area contributed by atoms with Crippen LogP contribution in [0.15, 0.2) is 30.0 Å². The van der Waals surface area contributed by atoms with Crippen LogP contribution in [0.25, 0.3) is 6.08 Å². The van der Waals surface area contributed by atoms with E-state index in [4.69, 9.17) is 17.5 Å². The number of carbonyl (C=O) groups excluding carboxylic acids is 1. The van der Waals surface area contributed by atoms with Crippen molar-refractivity contribution in [2.45, 2.75) is 13.3 Å². The van der Waals surface area contributed by atoms with E-state index >= 15 is 0 Å². The van der Waals surface area contributed by atoms with E-state index in [0.717, 1.165) is 12.0 Å². The summed E-state index contributed by atoms with van der Waals surface area (Å²) in [6, 6.07) is 9.08. The highest BCUT2D eigenvalue weighted by Crippen LogP contribution is 2.15. The number of nitrogens with zero attached hydrogens (tertiary/aromatic N) is 2. The fraction of sp³-hybridized carbons (Fsp3) is 0.214. The summed E-state index contributed by atoms with van der Waals surface area (Å²) < 4.78 is 0. The molecule has 19 heavy (non-hydrogen) atoms. The fourth-order valence-corrected chi connectivity index (χ4v) is 2.10. The number of benzene rings is 1. The SMILES string of the molecule is CCCN1C(=O)/C(=C/c2ccc(C#N)cc2)NC1=S. The van der Waals surface area contributed by atoms with Crippen LogP contribution in [0, 0.1) is 11.3 Å². The Bertz CT molecular complexity index is 584. The number of nitriles is 1. The molecule has 0 aromatic heterocycles. The molecule has 0 atom stereocenters. The van der Waals surface area contributed by atoms with E-state index in [-0.39, 0.29) is 5.91 Å². The van der Waals surface area contributed by atoms with Gasteiger partial charge in [0.15, 0.2) is 5.11 Å². The third-order valence-electron chi connectivity index (χ3n) is 2.76. The lowest BCUT2D eigenvalue weighted by Gasteiger charge is -2.11. The summed E-state index contributed by atoms with van der Waals surface area (Å²) >= 11 is 5.13. The van der Waals surface area contributed by atoms with Gasteiger partial charge in [0, 0.05) is 6.54 Å². The predicted molar refractivity (Wildman–Crippen MR) is 76.9 cm³/mol.